The third kappa shape index (κ3) is 5.55. The zero-order chi connectivity index (χ0) is 20.7. The molecule has 0 bridgehead atoms. The van der Waals surface area contributed by atoms with Gasteiger partial charge in [0.15, 0.2) is 11.5 Å². The predicted molar refractivity (Wildman–Crippen MR) is 112 cm³/mol. The third-order valence-electron chi connectivity index (χ3n) is 4.49. The number of amides is 1. The van der Waals surface area contributed by atoms with E-state index >= 15 is 0 Å². The van der Waals surface area contributed by atoms with Gasteiger partial charge in [0.25, 0.3) is 0 Å². The molecule has 2 rings (SSSR count). The van der Waals surface area contributed by atoms with Gasteiger partial charge in [0.1, 0.15) is 0 Å². The minimum Gasteiger partial charge on any atom is -0.493 e. The Morgan fingerprint density at radius 1 is 0.964 bits per heavy atom. The molecule has 0 aromatic heterocycles. The van der Waals surface area contributed by atoms with Crippen LogP contribution in [0.5, 0.6) is 17.2 Å². The molecule has 0 saturated carbocycles. The number of nitrogens with one attached hydrogen (secondary N) is 1. The van der Waals surface area contributed by atoms with E-state index in [1.165, 1.54) is 5.56 Å². The summed E-state index contributed by atoms with van der Waals surface area (Å²) in [5, 5.41) is 3.06. The minimum atomic E-state index is -0.0494. The Balaban J connectivity index is 1.99. The van der Waals surface area contributed by atoms with E-state index in [2.05, 4.69) is 34.5 Å². The second-order valence-corrected chi connectivity index (χ2v) is 6.94. The number of carbonyl (C=O) groups excluding carboxylic acids is 1. The minimum absolute atomic E-state index is 0.0275. The summed E-state index contributed by atoms with van der Waals surface area (Å²) in [5.74, 6) is 1.55. The number of nitrogens with zero attached hydrogens (tertiary/aromatic N) is 1. The van der Waals surface area contributed by atoms with Crippen LogP contribution in [0.15, 0.2) is 36.4 Å². The molecule has 6 heteroatoms. The molecular weight excluding hydrogens is 356 g/mol. The highest BCUT2D eigenvalue weighted by atomic mass is 16.5. The molecule has 2 aromatic carbocycles. The van der Waals surface area contributed by atoms with Crippen LogP contribution in [0.3, 0.4) is 0 Å². The van der Waals surface area contributed by atoms with Gasteiger partial charge in [0.2, 0.25) is 11.7 Å². The van der Waals surface area contributed by atoms with Gasteiger partial charge in [-0.1, -0.05) is 12.1 Å². The zero-order valence-corrected chi connectivity index (χ0v) is 17.5. The maximum absolute atomic E-state index is 12.5. The smallest absolute Gasteiger partial charge is 0.224 e. The Morgan fingerprint density at radius 2 is 1.54 bits per heavy atom. The first-order valence-corrected chi connectivity index (χ1v) is 9.22. The lowest BCUT2D eigenvalue weighted by Gasteiger charge is -2.17. The van der Waals surface area contributed by atoms with Crippen LogP contribution >= 0.6 is 0 Å². The molecule has 2 aromatic rings. The first-order valence-electron chi connectivity index (χ1n) is 9.22. The van der Waals surface area contributed by atoms with Gasteiger partial charge in [-0.3, -0.25) is 4.79 Å². The standard InChI is InChI=1S/C22H30N2O4/c1-15(11-16-7-9-18(10-8-16)24(2)3)23-21(25)14-17-12-19(26-4)22(28-6)20(13-17)27-5/h7-10,12-13,15H,11,14H2,1-6H3,(H,23,25). The summed E-state index contributed by atoms with van der Waals surface area (Å²) in [5.41, 5.74) is 3.14. The highest BCUT2D eigenvalue weighted by molar-refractivity contribution is 5.79. The molecule has 0 heterocycles. The zero-order valence-electron chi connectivity index (χ0n) is 17.5. The van der Waals surface area contributed by atoms with Gasteiger partial charge in [0, 0.05) is 25.8 Å². The van der Waals surface area contributed by atoms with E-state index in [4.69, 9.17) is 14.2 Å². The molecule has 0 aliphatic carbocycles. The van der Waals surface area contributed by atoms with E-state index in [1.54, 1.807) is 33.5 Å². The van der Waals surface area contributed by atoms with Crippen molar-refractivity contribution in [3.8, 4) is 17.2 Å². The average molecular weight is 386 g/mol. The van der Waals surface area contributed by atoms with Gasteiger partial charge in [-0.2, -0.15) is 0 Å². The topological polar surface area (TPSA) is 60.0 Å². The summed E-state index contributed by atoms with van der Waals surface area (Å²) in [4.78, 5) is 14.5. The molecule has 0 spiro atoms. The molecule has 1 amide bonds. The molecule has 6 nitrogen and oxygen atoms in total. The van der Waals surface area contributed by atoms with Crippen molar-refractivity contribution >= 4 is 11.6 Å². The van der Waals surface area contributed by atoms with Gasteiger partial charge < -0.3 is 24.4 Å². The van der Waals surface area contributed by atoms with E-state index in [9.17, 15) is 4.79 Å². The van der Waals surface area contributed by atoms with Crippen molar-refractivity contribution in [2.75, 3.05) is 40.3 Å². The Morgan fingerprint density at radius 3 is 2.00 bits per heavy atom. The molecule has 28 heavy (non-hydrogen) atoms. The third-order valence-corrected chi connectivity index (χ3v) is 4.49. The van der Waals surface area contributed by atoms with E-state index in [1.807, 2.05) is 21.0 Å². The van der Waals surface area contributed by atoms with Crippen LogP contribution in [-0.2, 0) is 17.6 Å². The second-order valence-electron chi connectivity index (χ2n) is 6.94. The lowest BCUT2D eigenvalue weighted by Crippen LogP contribution is -2.35. The molecule has 1 atom stereocenters. The number of ether oxygens (including phenoxy) is 3. The number of hydrogen-bond acceptors (Lipinski definition) is 5. The molecular formula is C22H30N2O4. The van der Waals surface area contributed by atoms with E-state index in [0.29, 0.717) is 17.2 Å². The Kier molecular flexibility index (Phi) is 7.55. The molecule has 152 valence electrons. The van der Waals surface area contributed by atoms with Crippen LogP contribution in [0.1, 0.15) is 18.1 Å². The largest absolute Gasteiger partial charge is 0.493 e. The lowest BCUT2D eigenvalue weighted by molar-refractivity contribution is -0.121. The SMILES string of the molecule is COc1cc(CC(=O)NC(C)Cc2ccc(N(C)C)cc2)cc(OC)c1OC. The fourth-order valence-corrected chi connectivity index (χ4v) is 3.08. The first-order chi connectivity index (χ1) is 13.4. The highest BCUT2D eigenvalue weighted by Gasteiger charge is 2.16. The molecule has 0 aliphatic heterocycles. The van der Waals surface area contributed by atoms with Crippen LogP contribution in [0, 0.1) is 0 Å². The van der Waals surface area contributed by atoms with Gasteiger partial charge in [0.05, 0.1) is 27.8 Å². The number of benzene rings is 2. The Hall–Kier alpha value is -2.89. The van der Waals surface area contributed by atoms with Crippen LogP contribution in [0.4, 0.5) is 5.69 Å². The monoisotopic (exact) mass is 386 g/mol. The summed E-state index contributed by atoms with van der Waals surface area (Å²) >= 11 is 0. The van der Waals surface area contributed by atoms with Crippen molar-refractivity contribution < 1.29 is 19.0 Å². The summed E-state index contributed by atoms with van der Waals surface area (Å²) in [6.07, 6.45) is 1.01. The second kappa shape index (κ2) is 9.88. The maximum atomic E-state index is 12.5. The fraction of sp³-hybridized carbons (Fsp3) is 0.409. The summed E-state index contributed by atoms with van der Waals surface area (Å²) in [6, 6.07) is 12.0. The number of hydrogen-bond donors (Lipinski definition) is 1. The first kappa shape index (κ1) is 21.4. The van der Waals surface area contributed by atoms with Crippen molar-refractivity contribution in [1.82, 2.24) is 5.32 Å². The number of carbonyl (C=O) groups is 1. The van der Waals surface area contributed by atoms with Crippen LogP contribution in [0.2, 0.25) is 0 Å². The van der Waals surface area contributed by atoms with Crippen molar-refractivity contribution in [2.45, 2.75) is 25.8 Å². The highest BCUT2D eigenvalue weighted by Crippen LogP contribution is 2.38. The molecule has 0 fully saturated rings. The summed E-state index contributed by atoms with van der Waals surface area (Å²) < 4.78 is 16.0. The number of rotatable bonds is 9. The maximum Gasteiger partial charge on any atom is 0.224 e. The van der Waals surface area contributed by atoms with Gasteiger partial charge in [-0.05, 0) is 48.7 Å². The Labute approximate surface area is 167 Å². The predicted octanol–water partition coefficient (Wildman–Crippen LogP) is 3.07. The average Bonchev–Trinajstić information content (AvgIpc) is 2.67. The lowest BCUT2D eigenvalue weighted by atomic mass is 10.1. The van der Waals surface area contributed by atoms with Gasteiger partial charge in [-0.25, -0.2) is 0 Å². The summed E-state index contributed by atoms with van der Waals surface area (Å²) in [6.45, 7) is 2.01. The van der Waals surface area contributed by atoms with E-state index < -0.39 is 0 Å². The number of anilines is 1. The molecule has 0 saturated heterocycles. The van der Waals surface area contributed by atoms with Crippen molar-refractivity contribution in [3.05, 3.63) is 47.5 Å². The van der Waals surface area contributed by atoms with Crippen molar-refractivity contribution in [1.29, 1.82) is 0 Å². The van der Waals surface area contributed by atoms with Crippen molar-refractivity contribution in [3.63, 3.8) is 0 Å². The molecule has 1 unspecified atom stereocenters. The van der Waals surface area contributed by atoms with Crippen LogP contribution in [0.25, 0.3) is 0 Å². The van der Waals surface area contributed by atoms with Crippen LogP contribution in [-0.4, -0.2) is 47.4 Å². The van der Waals surface area contributed by atoms with Crippen molar-refractivity contribution in [2.24, 2.45) is 0 Å². The van der Waals surface area contributed by atoms with E-state index in [-0.39, 0.29) is 18.4 Å². The Bertz CT molecular complexity index is 763. The van der Waals surface area contributed by atoms with Gasteiger partial charge >= 0.3 is 0 Å². The molecule has 0 radical (unpaired) electrons. The summed E-state index contributed by atoms with van der Waals surface area (Å²) in [7, 11) is 8.71. The normalized spacial score (nSPS) is 11.5. The molecule has 1 N–H and O–H groups in total. The van der Waals surface area contributed by atoms with Crippen LogP contribution < -0.4 is 24.4 Å². The quantitative estimate of drug-likeness (QED) is 0.718. The number of methoxy groups -OCH3 is 3. The van der Waals surface area contributed by atoms with Gasteiger partial charge in [-0.15, -0.1) is 0 Å². The van der Waals surface area contributed by atoms with E-state index in [0.717, 1.165) is 17.7 Å². The molecule has 0 aliphatic rings. The fourth-order valence-electron chi connectivity index (χ4n) is 3.08.